The summed E-state index contributed by atoms with van der Waals surface area (Å²) in [7, 11) is -3.96. The molecule has 152 valence electrons. The maximum Gasteiger partial charge on any atom is 0.289 e. The molecule has 0 radical (unpaired) electrons. The topological polar surface area (TPSA) is 136 Å². The number of para-hydroxylation sites is 1. The zero-order valence-electron chi connectivity index (χ0n) is 15.2. The first-order chi connectivity index (χ1) is 13.9. The van der Waals surface area contributed by atoms with Crippen LogP contribution in [0.1, 0.15) is 5.89 Å². The molecule has 3 heterocycles. The highest BCUT2D eigenvalue weighted by molar-refractivity contribution is 7.89. The average Bonchev–Trinajstić information content (AvgIpc) is 3.40. The molecule has 0 saturated carbocycles. The first-order valence-corrected chi connectivity index (χ1v) is 10.2. The molecule has 0 spiro atoms. The molecule has 1 saturated heterocycles. The molecule has 3 aromatic rings. The van der Waals surface area contributed by atoms with E-state index in [0.717, 1.165) is 0 Å². The standard InChI is InChI=1S/C17H17N5O6S/c23-22(24)13-4-1-2-6-15(13)29(25,26)21-9-7-20(8-10-21)12-16-18-17(19-28-16)14-5-3-11-27-14/h1-6,11H,7-10,12H2. The second-order valence-electron chi connectivity index (χ2n) is 6.39. The average molecular weight is 419 g/mol. The molecule has 12 heteroatoms. The molecular formula is C17H17N5O6S. The van der Waals surface area contributed by atoms with E-state index in [0.29, 0.717) is 37.1 Å². The van der Waals surface area contributed by atoms with E-state index < -0.39 is 20.6 Å². The maximum atomic E-state index is 12.9. The van der Waals surface area contributed by atoms with Crippen LogP contribution in [0.15, 0.2) is 56.5 Å². The Bertz CT molecular complexity index is 1100. The van der Waals surface area contributed by atoms with Crippen LogP contribution in [0, 0.1) is 10.1 Å². The summed E-state index contributed by atoms with van der Waals surface area (Å²) < 4.78 is 37.4. The van der Waals surface area contributed by atoms with Crippen molar-refractivity contribution >= 4 is 15.7 Å². The van der Waals surface area contributed by atoms with Gasteiger partial charge in [0.25, 0.3) is 5.69 Å². The molecule has 11 nitrogen and oxygen atoms in total. The Hall–Kier alpha value is -3.09. The molecule has 4 rings (SSSR count). The van der Waals surface area contributed by atoms with E-state index in [9.17, 15) is 18.5 Å². The lowest BCUT2D eigenvalue weighted by atomic mass is 10.3. The molecule has 1 aliphatic rings. The van der Waals surface area contributed by atoms with Gasteiger partial charge in [-0.05, 0) is 18.2 Å². The van der Waals surface area contributed by atoms with Crippen molar-refractivity contribution < 1.29 is 22.3 Å². The van der Waals surface area contributed by atoms with Crippen LogP contribution in [-0.2, 0) is 16.6 Å². The molecule has 0 aliphatic carbocycles. The SMILES string of the molecule is O=[N+]([O-])c1ccccc1S(=O)(=O)N1CCN(Cc2nc(-c3ccco3)no2)CC1. The fourth-order valence-corrected chi connectivity index (χ4v) is 4.69. The second kappa shape index (κ2) is 7.73. The largest absolute Gasteiger partial charge is 0.461 e. The van der Waals surface area contributed by atoms with Gasteiger partial charge in [-0.1, -0.05) is 17.3 Å². The zero-order chi connectivity index (χ0) is 20.4. The first kappa shape index (κ1) is 19.2. The third-order valence-electron chi connectivity index (χ3n) is 4.58. The Balaban J connectivity index is 1.41. The van der Waals surface area contributed by atoms with Gasteiger partial charge in [0, 0.05) is 32.2 Å². The molecule has 0 atom stereocenters. The third kappa shape index (κ3) is 3.90. The van der Waals surface area contributed by atoms with Crippen molar-refractivity contribution in [1.82, 2.24) is 19.3 Å². The van der Waals surface area contributed by atoms with Gasteiger partial charge in [0.15, 0.2) is 10.7 Å². The highest BCUT2D eigenvalue weighted by Crippen LogP contribution is 2.27. The van der Waals surface area contributed by atoms with Crippen LogP contribution in [0.3, 0.4) is 0 Å². The Kier molecular flexibility index (Phi) is 5.13. The van der Waals surface area contributed by atoms with Gasteiger partial charge in [-0.3, -0.25) is 15.0 Å². The summed E-state index contributed by atoms with van der Waals surface area (Å²) in [6.45, 7) is 1.63. The Morgan fingerprint density at radius 2 is 1.86 bits per heavy atom. The van der Waals surface area contributed by atoms with E-state index in [4.69, 9.17) is 8.94 Å². The number of rotatable bonds is 6. The van der Waals surface area contributed by atoms with Crippen LogP contribution >= 0.6 is 0 Å². The van der Waals surface area contributed by atoms with Crippen LogP contribution in [0.2, 0.25) is 0 Å². The Labute approximate surface area is 165 Å². The van der Waals surface area contributed by atoms with E-state index in [2.05, 4.69) is 10.1 Å². The maximum absolute atomic E-state index is 12.9. The van der Waals surface area contributed by atoms with Crippen LogP contribution in [0.4, 0.5) is 5.69 Å². The van der Waals surface area contributed by atoms with Gasteiger partial charge in [-0.25, -0.2) is 8.42 Å². The molecule has 0 N–H and O–H groups in total. The summed E-state index contributed by atoms with van der Waals surface area (Å²) in [5, 5.41) is 15.0. The lowest BCUT2D eigenvalue weighted by Crippen LogP contribution is -2.48. The smallest absolute Gasteiger partial charge is 0.289 e. The van der Waals surface area contributed by atoms with Crippen molar-refractivity contribution in [2.45, 2.75) is 11.4 Å². The normalized spacial score (nSPS) is 16.1. The minimum atomic E-state index is -3.96. The summed E-state index contributed by atoms with van der Waals surface area (Å²) in [6.07, 6.45) is 1.52. The van der Waals surface area contributed by atoms with Gasteiger partial charge >= 0.3 is 0 Å². The lowest BCUT2D eigenvalue weighted by Gasteiger charge is -2.32. The summed E-state index contributed by atoms with van der Waals surface area (Å²) in [4.78, 5) is 16.4. The summed E-state index contributed by atoms with van der Waals surface area (Å²) in [5.41, 5.74) is -0.425. The van der Waals surface area contributed by atoms with Gasteiger partial charge in [0.05, 0.1) is 17.7 Å². The Morgan fingerprint density at radius 3 is 2.55 bits per heavy atom. The predicted octanol–water partition coefficient (Wildman–Crippen LogP) is 1.74. The fourth-order valence-electron chi connectivity index (χ4n) is 3.11. The zero-order valence-corrected chi connectivity index (χ0v) is 16.0. The number of aromatic nitrogens is 2. The number of furan rings is 1. The van der Waals surface area contributed by atoms with E-state index in [1.807, 2.05) is 4.90 Å². The molecule has 0 amide bonds. The number of nitro benzene ring substituents is 1. The van der Waals surface area contributed by atoms with Gasteiger partial charge in [0.1, 0.15) is 0 Å². The number of nitrogens with zero attached hydrogens (tertiary/aromatic N) is 5. The van der Waals surface area contributed by atoms with Gasteiger partial charge < -0.3 is 8.94 Å². The molecule has 1 aliphatic heterocycles. The van der Waals surface area contributed by atoms with E-state index in [1.54, 1.807) is 12.1 Å². The highest BCUT2D eigenvalue weighted by Gasteiger charge is 2.33. The fraction of sp³-hybridized carbons (Fsp3) is 0.294. The number of hydrogen-bond acceptors (Lipinski definition) is 9. The minimum Gasteiger partial charge on any atom is -0.461 e. The van der Waals surface area contributed by atoms with Crippen molar-refractivity contribution in [2.24, 2.45) is 0 Å². The third-order valence-corrected chi connectivity index (χ3v) is 6.53. The minimum absolute atomic E-state index is 0.202. The molecule has 0 unspecified atom stereocenters. The number of piperazine rings is 1. The van der Waals surface area contributed by atoms with Crippen molar-refractivity contribution in [1.29, 1.82) is 0 Å². The molecule has 0 bridgehead atoms. The molecule has 1 aromatic carbocycles. The van der Waals surface area contributed by atoms with Crippen LogP contribution in [0.25, 0.3) is 11.6 Å². The summed E-state index contributed by atoms with van der Waals surface area (Å²) in [6, 6.07) is 8.81. The van der Waals surface area contributed by atoms with E-state index >= 15 is 0 Å². The number of nitro groups is 1. The van der Waals surface area contributed by atoms with Crippen LogP contribution in [-0.4, -0.2) is 58.9 Å². The van der Waals surface area contributed by atoms with Crippen LogP contribution < -0.4 is 0 Å². The predicted molar refractivity (Wildman–Crippen MR) is 99.1 cm³/mol. The van der Waals surface area contributed by atoms with Gasteiger partial charge in [0.2, 0.25) is 21.7 Å². The molecule has 1 fully saturated rings. The van der Waals surface area contributed by atoms with Crippen LogP contribution in [0.5, 0.6) is 0 Å². The van der Waals surface area contributed by atoms with Crippen molar-refractivity contribution in [3.8, 4) is 11.6 Å². The number of sulfonamides is 1. The van der Waals surface area contributed by atoms with Gasteiger partial charge in [-0.15, -0.1) is 0 Å². The van der Waals surface area contributed by atoms with Crippen molar-refractivity contribution in [3.05, 3.63) is 58.7 Å². The quantitative estimate of drug-likeness (QED) is 0.432. The lowest BCUT2D eigenvalue weighted by molar-refractivity contribution is -0.387. The van der Waals surface area contributed by atoms with E-state index in [-0.39, 0.29) is 18.0 Å². The summed E-state index contributed by atoms with van der Waals surface area (Å²) in [5.74, 6) is 1.24. The molecule has 29 heavy (non-hydrogen) atoms. The van der Waals surface area contributed by atoms with Gasteiger partial charge in [-0.2, -0.15) is 9.29 Å². The molecule has 2 aromatic heterocycles. The van der Waals surface area contributed by atoms with Crippen molar-refractivity contribution in [2.75, 3.05) is 26.2 Å². The highest BCUT2D eigenvalue weighted by atomic mass is 32.2. The first-order valence-electron chi connectivity index (χ1n) is 8.77. The van der Waals surface area contributed by atoms with E-state index in [1.165, 1.54) is 34.8 Å². The Morgan fingerprint density at radius 1 is 1.10 bits per heavy atom. The molecular weight excluding hydrogens is 402 g/mol. The number of hydrogen-bond donors (Lipinski definition) is 0. The second-order valence-corrected chi connectivity index (χ2v) is 8.30. The van der Waals surface area contributed by atoms with Crippen molar-refractivity contribution in [3.63, 3.8) is 0 Å². The monoisotopic (exact) mass is 419 g/mol. The summed E-state index contributed by atoms with van der Waals surface area (Å²) >= 11 is 0. The number of benzene rings is 1.